The molecule has 6 heteroatoms. The van der Waals surface area contributed by atoms with Crippen LogP contribution < -0.4 is 0 Å². The van der Waals surface area contributed by atoms with Crippen molar-refractivity contribution >= 4 is 32.4 Å². The second-order valence-electron chi connectivity index (χ2n) is 8.74. The van der Waals surface area contributed by atoms with Gasteiger partial charge in [-0.15, -0.1) is 34.9 Å². The van der Waals surface area contributed by atoms with E-state index in [2.05, 4.69) is 16.0 Å². The topological polar surface area (TPSA) is 25.8 Å². The standard InChI is InChI=1S/C30H18F3N2.Ir/c1-16-11-17(2)13-19(12-16)30-22-6-5-21-24(20(22)7-9-35-30)15-26(32)28(29(21)33)18-3-4-23-25(31)8-10-34-27(23)14-18;/h3-12,14-15H,1-2H3;/q-1;. The molecule has 0 saturated carbocycles. The fourth-order valence-electron chi connectivity index (χ4n) is 4.83. The number of hydrogen-bond donors (Lipinski definition) is 0. The summed E-state index contributed by atoms with van der Waals surface area (Å²) in [6.07, 6.45) is 2.98. The zero-order valence-corrected chi connectivity index (χ0v) is 21.7. The van der Waals surface area contributed by atoms with Gasteiger partial charge < -0.3 is 4.98 Å². The van der Waals surface area contributed by atoms with Crippen LogP contribution in [0.5, 0.6) is 0 Å². The number of hydrogen-bond acceptors (Lipinski definition) is 2. The first-order valence-corrected chi connectivity index (χ1v) is 11.2. The summed E-state index contributed by atoms with van der Waals surface area (Å²) in [5, 5.41) is 2.54. The van der Waals surface area contributed by atoms with E-state index in [1.54, 1.807) is 18.3 Å². The van der Waals surface area contributed by atoms with Gasteiger partial charge >= 0.3 is 0 Å². The molecule has 0 spiro atoms. The smallest absolute Gasteiger partial charge is 0.141 e. The summed E-state index contributed by atoms with van der Waals surface area (Å²) in [6.45, 7) is 3.98. The van der Waals surface area contributed by atoms with Gasteiger partial charge in [0.05, 0.1) is 11.1 Å². The van der Waals surface area contributed by atoms with E-state index < -0.39 is 17.5 Å². The molecule has 0 aliphatic heterocycles. The molecule has 2 aromatic heterocycles. The first-order chi connectivity index (χ1) is 16.9. The van der Waals surface area contributed by atoms with Crippen molar-refractivity contribution in [1.82, 2.24) is 9.97 Å². The fraction of sp³-hybridized carbons (Fsp3) is 0.0667. The van der Waals surface area contributed by atoms with Crippen LogP contribution in [0.2, 0.25) is 0 Å². The van der Waals surface area contributed by atoms with Crippen molar-refractivity contribution in [2.24, 2.45) is 0 Å². The van der Waals surface area contributed by atoms with Gasteiger partial charge in [0, 0.05) is 43.3 Å². The Bertz CT molecular complexity index is 1790. The van der Waals surface area contributed by atoms with Crippen molar-refractivity contribution in [3.8, 4) is 22.4 Å². The Morgan fingerprint density at radius 2 is 1.42 bits per heavy atom. The molecule has 0 saturated heterocycles. The number of nitrogens with zero attached hydrogens (tertiary/aromatic N) is 2. The van der Waals surface area contributed by atoms with Gasteiger partial charge in [0.1, 0.15) is 17.5 Å². The summed E-state index contributed by atoms with van der Waals surface area (Å²) >= 11 is 0. The quantitative estimate of drug-likeness (QED) is 0.139. The number of aryl methyl sites for hydroxylation is 2. The molecule has 1 radical (unpaired) electrons. The summed E-state index contributed by atoms with van der Waals surface area (Å²) in [6, 6.07) is 19.7. The van der Waals surface area contributed by atoms with Crippen molar-refractivity contribution < 1.29 is 33.3 Å². The number of rotatable bonds is 2. The van der Waals surface area contributed by atoms with Crippen LogP contribution >= 0.6 is 0 Å². The first-order valence-electron chi connectivity index (χ1n) is 11.2. The summed E-state index contributed by atoms with van der Waals surface area (Å²) in [4.78, 5) is 8.70. The van der Waals surface area contributed by atoms with Crippen molar-refractivity contribution in [3.05, 3.63) is 108 Å². The average molecular weight is 656 g/mol. The van der Waals surface area contributed by atoms with Crippen LogP contribution in [0.1, 0.15) is 11.1 Å². The SMILES string of the molecule is Cc1[c-]c(-c2nccc3c2ccc2c(F)c(-c4ccc5c(F)ccnc5c4)c(F)cc23)cc(C)c1.[Ir]. The third-order valence-corrected chi connectivity index (χ3v) is 6.33. The maximum absolute atomic E-state index is 15.8. The van der Waals surface area contributed by atoms with Crippen LogP contribution in [0, 0.1) is 37.4 Å². The molecule has 0 aliphatic rings. The van der Waals surface area contributed by atoms with Crippen LogP contribution in [-0.4, -0.2) is 9.97 Å². The zero-order chi connectivity index (χ0) is 24.3. The Kier molecular flexibility index (Phi) is 6.11. The molecule has 2 heterocycles. The number of fused-ring (bicyclic) bond motifs is 4. The Morgan fingerprint density at radius 1 is 0.667 bits per heavy atom. The van der Waals surface area contributed by atoms with Gasteiger partial charge in [0.2, 0.25) is 0 Å². The minimum absolute atomic E-state index is 0. The van der Waals surface area contributed by atoms with Gasteiger partial charge in [-0.05, 0) is 57.7 Å². The summed E-state index contributed by atoms with van der Waals surface area (Å²) in [5.74, 6) is -1.80. The molecule has 36 heavy (non-hydrogen) atoms. The Balaban J connectivity index is 0.00000267. The predicted molar refractivity (Wildman–Crippen MR) is 134 cm³/mol. The van der Waals surface area contributed by atoms with Gasteiger partial charge in [-0.1, -0.05) is 32.0 Å². The molecule has 0 amide bonds. The monoisotopic (exact) mass is 656 g/mol. The molecule has 0 bridgehead atoms. The van der Waals surface area contributed by atoms with Crippen molar-refractivity contribution in [1.29, 1.82) is 0 Å². The largest absolute Gasteiger partial charge is 0.304 e. The molecule has 0 atom stereocenters. The molecule has 6 rings (SSSR count). The normalized spacial score (nSPS) is 11.2. The van der Waals surface area contributed by atoms with Gasteiger partial charge in [0.15, 0.2) is 0 Å². The molecule has 0 unspecified atom stereocenters. The Morgan fingerprint density at radius 3 is 2.22 bits per heavy atom. The van der Waals surface area contributed by atoms with Crippen LogP contribution in [0.4, 0.5) is 13.2 Å². The third kappa shape index (κ3) is 3.87. The van der Waals surface area contributed by atoms with E-state index >= 15 is 8.78 Å². The first kappa shape index (κ1) is 24.1. The molecule has 2 nitrogen and oxygen atoms in total. The van der Waals surface area contributed by atoms with E-state index in [9.17, 15) is 4.39 Å². The van der Waals surface area contributed by atoms with Crippen molar-refractivity contribution in [2.75, 3.05) is 0 Å². The summed E-state index contributed by atoms with van der Waals surface area (Å²) in [7, 11) is 0. The maximum atomic E-state index is 15.8. The van der Waals surface area contributed by atoms with Gasteiger partial charge in [-0.2, -0.15) is 0 Å². The molecule has 0 N–H and O–H groups in total. The summed E-state index contributed by atoms with van der Waals surface area (Å²) < 4.78 is 45.3. The van der Waals surface area contributed by atoms with Crippen LogP contribution in [0.3, 0.4) is 0 Å². The van der Waals surface area contributed by atoms with Crippen LogP contribution in [0.15, 0.2) is 73.1 Å². The van der Waals surface area contributed by atoms with Gasteiger partial charge in [-0.25, -0.2) is 13.2 Å². The maximum Gasteiger partial charge on any atom is 0.141 e. The van der Waals surface area contributed by atoms with Crippen LogP contribution in [-0.2, 0) is 20.1 Å². The molecule has 4 aromatic carbocycles. The van der Waals surface area contributed by atoms with E-state index in [-0.39, 0.29) is 25.7 Å². The van der Waals surface area contributed by atoms with Crippen molar-refractivity contribution in [2.45, 2.75) is 13.8 Å². The average Bonchev–Trinajstić information content (AvgIpc) is 2.83. The van der Waals surface area contributed by atoms with Crippen molar-refractivity contribution in [3.63, 3.8) is 0 Å². The fourth-order valence-corrected chi connectivity index (χ4v) is 4.83. The minimum atomic E-state index is -0.699. The molecular weight excluding hydrogens is 638 g/mol. The summed E-state index contributed by atoms with van der Waals surface area (Å²) in [5.41, 5.74) is 4.09. The second kappa shape index (κ2) is 9.12. The van der Waals surface area contributed by atoms with Gasteiger partial charge in [0.25, 0.3) is 0 Å². The van der Waals surface area contributed by atoms with E-state index in [0.29, 0.717) is 38.3 Å². The van der Waals surface area contributed by atoms with E-state index in [1.807, 2.05) is 32.0 Å². The molecular formula is C30H18F3IrN2-. The Labute approximate surface area is 219 Å². The number of benzene rings is 4. The molecule has 179 valence electrons. The zero-order valence-electron chi connectivity index (χ0n) is 19.3. The second-order valence-corrected chi connectivity index (χ2v) is 8.74. The number of halogens is 3. The van der Waals surface area contributed by atoms with Crippen LogP contribution in [0.25, 0.3) is 54.8 Å². The Hall–Kier alpha value is -3.60. The van der Waals surface area contributed by atoms with E-state index in [4.69, 9.17) is 0 Å². The third-order valence-electron chi connectivity index (χ3n) is 6.33. The van der Waals surface area contributed by atoms with Gasteiger partial charge in [-0.3, -0.25) is 4.98 Å². The van der Waals surface area contributed by atoms with E-state index in [0.717, 1.165) is 22.1 Å². The van der Waals surface area contributed by atoms with E-state index in [1.165, 1.54) is 36.5 Å². The number of pyridine rings is 2. The minimum Gasteiger partial charge on any atom is -0.304 e. The predicted octanol–water partition coefficient (Wildman–Crippen LogP) is 8.10. The molecule has 6 aromatic rings. The molecule has 0 fully saturated rings. The molecule has 0 aliphatic carbocycles. The number of aromatic nitrogens is 2.